The summed E-state index contributed by atoms with van der Waals surface area (Å²) in [6.45, 7) is 2.15. The van der Waals surface area contributed by atoms with Gasteiger partial charge in [-0.25, -0.2) is 8.42 Å². The zero-order valence-electron chi connectivity index (χ0n) is 12.4. The molecule has 1 aliphatic heterocycles. The number of carbonyl (C=O) groups is 1. The molecule has 2 aromatic rings. The van der Waals surface area contributed by atoms with Crippen LogP contribution in [0.1, 0.15) is 17.4 Å². The minimum atomic E-state index is -3.61. The third-order valence-electron chi connectivity index (χ3n) is 3.62. The number of hydrogen-bond acceptors (Lipinski definition) is 4. The van der Waals surface area contributed by atoms with Gasteiger partial charge in [-0.05, 0) is 36.2 Å². The van der Waals surface area contributed by atoms with Crippen molar-refractivity contribution in [3.8, 4) is 0 Å². The van der Waals surface area contributed by atoms with E-state index in [-0.39, 0.29) is 10.1 Å². The molecule has 8 heteroatoms. The molecule has 3 rings (SSSR count). The Kier molecular flexibility index (Phi) is 4.35. The Morgan fingerprint density at radius 1 is 1.35 bits per heavy atom. The van der Waals surface area contributed by atoms with Crippen LogP contribution in [-0.2, 0) is 27.8 Å². The lowest BCUT2D eigenvalue weighted by Crippen LogP contribution is -2.28. The molecule has 0 saturated carbocycles. The lowest BCUT2D eigenvalue weighted by Gasteiger charge is -2.18. The number of thiophene rings is 1. The number of nitrogens with zero attached hydrogens (tertiary/aromatic N) is 1. The normalized spacial score (nSPS) is 13.9. The summed E-state index contributed by atoms with van der Waals surface area (Å²) in [6, 6.07) is 8.61. The van der Waals surface area contributed by atoms with Gasteiger partial charge in [-0.15, -0.1) is 11.3 Å². The first kappa shape index (κ1) is 16.3. The fourth-order valence-electron chi connectivity index (χ4n) is 2.52. The van der Waals surface area contributed by atoms with Crippen molar-refractivity contribution in [3.63, 3.8) is 0 Å². The van der Waals surface area contributed by atoms with E-state index in [1.54, 1.807) is 30.3 Å². The van der Waals surface area contributed by atoms with E-state index in [2.05, 4.69) is 5.32 Å². The average molecular weight is 371 g/mol. The van der Waals surface area contributed by atoms with Crippen molar-refractivity contribution in [2.75, 3.05) is 10.8 Å². The zero-order valence-corrected chi connectivity index (χ0v) is 14.8. The van der Waals surface area contributed by atoms with Gasteiger partial charge in [0.05, 0.1) is 12.2 Å². The molecule has 0 bridgehead atoms. The van der Waals surface area contributed by atoms with Crippen molar-refractivity contribution in [2.24, 2.45) is 0 Å². The van der Waals surface area contributed by atoms with Gasteiger partial charge >= 0.3 is 0 Å². The Balaban J connectivity index is 1.89. The predicted octanol–water partition coefficient (Wildman–Crippen LogP) is 2.79. The van der Waals surface area contributed by atoms with Crippen LogP contribution in [0.25, 0.3) is 0 Å². The van der Waals surface area contributed by atoms with Crippen LogP contribution in [0.2, 0.25) is 5.02 Å². The van der Waals surface area contributed by atoms with Crippen LogP contribution in [0.4, 0.5) is 5.69 Å². The summed E-state index contributed by atoms with van der Waals surface area (Å²) >= 11 is 7.32. The highest BCUT2D eigenvalue weighted by molar-refractivity contribution is 7.94. The molecule has 0 aliphatic carbocycles. The van der Waals surface area contributed by atoms with Crippen molar-refractivity contribution >= 4 is 44.6 Å². The quantitative estimate of drug-likeness (QED) is 0.899. The molecule has 23 heavy (non-hydrogen) atoms. The Bertz CT molecular complexity index is 861. The molecule has 1 N–H and O–H groups in total. The molecule has 0 spiro atoms. The Hall–Kier alpha value is -1.57. The van der Waals surface area contributed by atoms with E-state index >= 15 is 0 Å². The first-order valence-electron chi connectivity index (χ1n) is 7.03. The molecule has 5 nitrogen and oxygen atoms in total. The SMILES string of the molecule is CC(=O)NCc1ccc(S(=O)(=O)N2CCc3c(Cl)cccc32)s1. The Morgan fingerprint density at radius 3 is 2.87 bits per heavy atom. The first-order chi connectivity index (χ1) is 10.9. The maximum Gasteiger partial charge on any atom is 0.273 e. The van der Waals surface area contributed by atoms with Gasteiger partial charge in [0.2, 0.25) is 5.91 Å². The molecule has 1 aromatic heterocycles. The number of carbonyl (C=O) groups excluding carboxylic acids is 1. The van der Waals surface area contributed by atoms with Crippen molar-refractivity contribution in [2.45, 2.75) is 24.1 Å². The maximum absolute atomic E-state index is 12.9. The van der Waals surface area contributed by atoms with Crippen LogP contribution in [0, 0.1) is 0 Å². The summed E-state index contributed by atoms with van der Waals surface area (Å²) in [7, 11) is -3.61. The van der Waals surface area contributed by atoms with Crippen molar-refractivity contribution in [1.29, 1.82) is 0 Å². The Morgan fingerprint density at radius 2 is 2.13 bits per heavy atom. The van der Waals surface area contributed by atoms with Crippen molar-refractivity contribution in [3.05, 3.63) is 45.8 Å². The number of anilines is 1. The van der Waals surface area contributed by atoms with Gasteiger partial charge in [0.25, 0.3) is 10.0 Å². The standard InChI is InChI=1S/C15H15ClN2O3S2/c1-10(19)17-9-11-5-6-15(22-11)23(20,21)18-8-7-12-13(16)3-2-4-14(12)18/h2-6H,7-9H2,1H3,(H,17,19). The molecule has 1 aromatic carbocycles. The first-order valence-corrected chi connectivity index (χ1v) is 9.66. The minimum absolute atomic E-state index is 0.147. The molecule has 0 atom stereocenters. The summed E-state index contributed by atoms with van der Waals surface area (Å²) in [5, 5.41) is 3.26. The number of benzene rings is 1. The largest absolute Gasteiger partial charge is 0.351 e. The average Bonchev–Trinajstić information content (AvgIpc) is 3.13. The van der Waals surface area contributed by atoms with E-state index in [1.807, 2.05) is 0 Å². The number of amides is 1. The van der Waals surface area contributed by atoms with E-state index in [0.29, 0.717) is 30.2 Å². The number of rotatable bonds is 4. The van der Waals surface area contributed by atoms with Crippen LogP contribution >= 0.6 is 22.9 Å². The summed E-state index contributed by atoms with van der Waals surface area (Å²) in [5.74, 6) is -0.147. The second kappa shape index (κ2) is 6.14. The van der Waals surface area contributed by atoms with Gasteiger partial charge in [-0.1, -0.05) is 17.7 Å². The minimum Gasteiger partial charge on any atom is -0.351 e. The molecule has 122 valence electrons. The van der Waals surface area contributed by atoms with E-state index < -0.39 is 10.0 Å². The number of sulfonamides is 1. The molecule has 0 fully saturated rings. The molecule has 1 amide bonds. The van der Waals surface area contributed by atoms with Gasteiger partial charge in [0.1, 0.15) is 4.21 Å². The summed E-state index contributed by atoms with van der Waals surface area (Å²) in [6.07, 6.45) is 0.609. The topological polar surface area (TPSA) is 66.5 Å². The fraction of sp³-hybridized carbons (Fsp3) is 0.267. The van der Waals surface area contributed by atoms with E-state index in [9.17, 15) is 13.2 Å². The van der Waals surface area contributed by atoms with E-state index in [4.69, 9.17) is 11.6 Å². The smallest absolute Gasteiger partial charge is 0.273 e. The lowest BCUT2D eigenvalue weighted by molar-refractivity contribution is -0.119. The van der Waals surface area contributed by atoms with Crippen LogP contribution < -0.4 is 9.62 Å². The second-order valence-corrected chi connectivity index (χ2v) is 8.86. The highest BCUT2D eigenvalue weighted by atomic mass is 35.5. The van der Waals surface area contributed by atoms with Crippen LogP contribution in [-0.4, -0.2) is 20.9 Å². The molecule has 0 unspecified atom stereocenters. The van der Waals surface area contributed by atoms with Crippen LogP contribution in [0.5, 0.6) is 0 Å². The highest BCUT2D eigenvalue weighted by Gasteiger charge is 2.32. The molecular weight excluding hydrogens is 356 g/mol. The predicted molar refractivity (Wildman–Crippen MR) is 91.5 cm³/mol. The molecule has 0 radical (unpaired) electrons. The second-order valence-electron chi connectivity index (χ2n) is 5.20. The van der Waals surface area contributed by atoms with Crippen LogP contribution in [0.15, 0.2) is 34.5 Å². The molecular formula is C15H15ClN2O3S2. The van der Waals surface area contributed by atoms with Gasteiger partial charge in [0, 0.05) is 23.4 Å². The van der Waals surface area contributed by atoms with Gasteiger partial charge in [0.15, 0.2) is 0 Å². The lowest BCUT2D eigenvalue weighted by atomic mass is 10.2. The summed E-state index contributed by atoms with van der Waals surface area (Å²) < 4.78 is 27.4. The molecule has 2 heterocycles. The fourth-order valence-corrected chi connectivity index (χ4v) is 5.69. The molecule has 1 aliphatic rings. The van der Waals surface area contributed by atoms with Crippen molar-refractivity contribution in [1.82, 2.24) is 5.32 Å². The van der Waals surface area contributed by atoms with Gasteiger partial charge < -0.3 is 5.32 Å². The summed E-state index contributed by atoms with van der Waals surface area (Å²) in [4.78, 5) is 11.7. The van der Waals surface area contributed by atoms with E-state index in [0.717, 1.165) is 10.4 Å². The van der Waals surface area contributed by atoms with Crippen LogP contribution in [0.3, 0.4) is 0 Å². The van der Waals surface area contributed by atoms with Gasteiger partial charge in [-0.2, -0.15) is 0 Å². The monoisotopic (exact) mass is 370 g/mol. The Labute approximate surface area is 143 Å². The maximum atomic E-state index is 12.9. The molecule has 0 saturated heterocycles. The highest BCUT2D eigenvalue weighted by Crippen LogP contribution is 2.38. The van der Waals surface area contributed by atoms with Crippen molar-refractivity contribution < 1.29 is 13.2 Å². The number of halogens is 1. The number of hydrogen-bond donors (Lipinski definition) is 1. The third-order valence-corrected chi connectivity index (χ3v) is 7.34. The summed E-state index contributed by atoms with van der Waals surface area (Å²) in [5.41, 5.74) is 1.52. The number of nitrogens with one attached hydrogen (secondary N) is 1. The third kappa shape index (κ3) is 3.08. The zero-order chi connectivity index (χ0) is 16.6. The van der Waals surface area contributed by atoms with Gasteiger partial charge in [-0.3, -0.25) is 9.10 Å². The number of fused-ring (bicyclic) bond motifs is 1. The van der Waals surface area contributed by atoms with E-state index in [1.165, 1.54) is 22.6 Å².